The van der Waals surface area contributed by atoms with Gasteiger partial charge in [0, 0.05) is 13.6 Å². The molecule has 0 aliphatic rings. The highest BCUT2D eigenvalue weighted by molar-refractivity contribution is 7.16. The molecule has 96 valence electrons. The average Bonchev–Trinajstić information content (AvgIpc) is 2.84. The molecule has 2 N–H and O–H groups in total. The van der Waals surface area contributed by atoms with E-state index >= 15 is 0 Å². The van der Waals surface area contributed by atoms with E-state index in [1.165, 1.54) is 6.33 Å². The summed E-state index contributed by atoms with van der Waals surface area (Å²) in [7, 11) is 1.64. The van der Waals surface area contributed by atoms with Gasteiger partial charge in [-0.15, -0.1) is 11.3 Å². The fraction of sp³-hybridized carbons (Fsp3) is 0.417. The lowest BCUT2D eigenvalue weighted by molar-refractivity contribution is -0.128. The third kappa shape index (κ3) is 2.43. The van der Waals surface area contributed by atoms with Gasteiger partial charge in [0.2, 0.25) is 5.91 Å². The van der Waals surface area contributed by atoms with Crippen molar-refractivity contribution in [2.75, 3.05) is 18.9 Å². The maximum Gasteiger partial charge on any atom is 0.227 e. The molecule has 18 heavy (non-hydrogen) atoms. The van der Waals surface area contributed by atoms with Crippen molar-refractivity contribution in [1.29, 1.82) is 0 Å². The Morgan fingerprint density at radius 1 is 1.44 bits per heavy atom. The number of anilines is 1. The van der Waals surface area contributed by atoms with Gasteiger partial charge >= 0.3 is 0 Å². The lowest BCUT2D eigenvalue weighted by Gasteiger charge is -2.23. The molecule has 5 nitrogen and oxygen atoms in total. The Hall–Kier alpha value is -1.69. The second-order valence-corrected chi connectivity index (χ2v) is 5.57. The number of thiophene rings is 1. The molecule has 6 heteroatoms. The standard InChI is InChI=1S/C12H16N4OS/c1-12(2,11(17)13-3)6-14-9-8-4-5-18-10(8)16-7-15-9/h4-5,7H,6H2,1-3H3,(H,13,17)(H,14,15,16). The highest BCUT2D eigenvalue weighted by Gasteiger charge is 2.26. The lowest BCUT2D eigenvalue weighted by Crippen LogP contribution is -2.39. The van der Waals surface area contributed by atoms with E-state index in [4.69, 9.17) is 0 Å². The predicted molar refractivity (Wildman–Crippen MR) is 73.8 cm³/mol. The maximum absolute atomic E-state index is 11.7. The lowest BCUT2D eigenvalue weighted by atomic mass is 9.92. The topological polar surface area (TPSA) is 66.9 Å². The largest absolute Gasteiger partial charge is 0.368 e. The van der Waals surface area contributed by atoms with Gasteiger partial charge in [0.05, 0.1) is 10.8 Å². The van der Waals surface area contributed by atoms with Crippen molar-refractivity contribution < 1.29 is 4.79 Å². The molecule has 0 saturated heterocycles. The minimum Gasteiger partial charge on any atom is -0.368 e. The number of hydrogen-bond donors (Lipinski definition) is 2. The number of fused-ring (bicyclic) bond motifs is 1. The monoisotopic (exact) mass is 264 g/mol. The van der Waals surface area contributed by atoms with Crippen molar-refractivity contribution in [1.82, 2.24) is 15.3 Å². The summed E-state index contributed by atoms with van der Waals surface area (Å²) in [6.45, 7) is 4.31. The van der Waals surface area contributed by atoms with Crippen molar-refractivity contribution in [2.24, 2.45) is 5.41 Å². The Labute approximate surface area is 110 Å². The van der Waals surface area contributed by atoms with Crippen LogP contribution in [0.5, 0.6) is 0 Å². The minimum absolute atomic E-state index is 0.00520. The van der Waals surface area contributed by atoms with Gasteiger partial charge in [0.1, 0.15) is 17.0 Å². The Kier molecular flexibility index (Phi) is 3.47. The van der Waals surface area contributed by atoms with Crippen LogP contribution in [0.15, 0.2) is 17.8 Å². The molecule has 0 aliphatic carbocycles. The molecule has 0 spiro atoms. The van der Waals surface area contributed by atoms with E-state index in [1.54, 1.807) is 18.4 Å². The van der Waals surface area contributed by atoms with Crippen LogP contribution in [0.2, 0.25) is 0 Å². The molecular weight excluding hydrogens is 248 g/mol. The zero-order valence-corrected chi connectivity index (χ0v) is 11.5. The van der Waals surface area contributed by atoms with Gasteiger partial charge in [0.15, 0.2) is 0 Å². The normalized spacial score (nSPS) is 11.5. The van der Waals surface area contributed by atoms with Crippen LogP contribution < -0.4 is 10.6 Å². The van der Waals surface area contributed by atoms with Crippen molar-refractivity contribution in [3.63, 3.8) is 0 Å². The summed E-state index contributed by atoms with van der Waals surface area (Å²) in [5, 5.41) is 8.86. The van der Waals surface area contributed by atoms with Crippen LogP contribution in [0.25, 0.3) is 10.2 Å². The zero-order chi connectivity index (χ0) is 13.2. The van der Waals surface area contributed by atoms with Crippen LogP contribution in [0.3, 0.4) is 0 Å². The fourth-order valence-corrected chi connectivity index (χ4v) is 2.39. The molecule has 0 atom stereocenters. The van der Waals surface area contributed by atoms with Crippen LogP contribution in [0, 0.1) is 5.41 Å². The third-order valence-electron chi connectivity index (χ3n) is 2.80. The van der Waals surface area contributed by atoms with Crippen LogP contribution in [0.1, 0.15) is 13.8 Å². The number of nitrogens with one attached hydrogen (secondary N) is 2. The fourth-order valence-electron chi connectivity index (χ4n) is 1.65. The van der Waals surface area contributed by atoms with Crippen molar-refractivity contribution in [3.8, 4) is 0 Å². The summed E-state index contributed by atoms with van der Waals surface area (Å²) in [6, 6.07) is 1.98. The summed E-state index contributed by atoms with van der Waals surface area (Å²) in [5.74, 6) is 0.781. The van der Waals surface area contributed by atoms with Gasteiger partial charge in [-0.05, 0) is 25.3 Å². The van der Waals surface area contributed by atoms with E-state index in [0.29, 0.717) is 6.54 Å². The van der Waals surface area contributed by atoms with E-state index in [-0.39, 0.29) is 5.91 Å². The minimum atomic E-state index is -0.484. The average molecular weight is 264 g/mol. The van der Waals surface area contributed by atoms with E-state index in [0.717, 1.165) is 16.0 Å². The number of amides is 1. The molecule has 0 bridgehead atoms. The van der Waals surface area contributed by atoms with Crippen molar-refractivity contribution in [2.45, 2.75) is 13.8 Å². The number of carbonyl (C=O) groups excluding carboxylic acids is 1. The van der Waals surface area contributed by atoms with E-state index in [9.17, 15) is 4.79 Å². The summed E-state index contributed by atoms with van der Waals surface area (Å²) in [5.41, 5.74) is -0.484. The predicted octanol–water partition coefficient (Wildman–Crippen LogP) is 1.88. The van der Waals surface area contributed by atoms with Crippen molar-refractivity contribution >= 4 is 33.3 Å². The van der Waals surface area contributed by atoms with Gasteiger partial charge in [-0.3, -0.25) is 4.79 Å². The summed E-state index contributed by atoms with van der Waals surface area (Å²) in [6.07, 6.45) is 1.54. The second kappa shape index (κ2) is 4.89. The van der Waals surface area contributed by atoms with Gasteiger partial charge in [-0.25, -0.2) is 9.97 Å². The van der Waals surface area contributed by atoms with Crippen molar-refractivity contribution in [3.05, 3.63) is 17.8 Å². The first-order valence-electron chi connectivity index (χ1n) is 5.69. The van der Waals surface area contributed by atoms with Crippen LogP contribution in [-0.2, 0) is 4.79 Å². The molecule has 0 saturated carbocycles. The molecule has 0 unspecified atom stereocenters. The Morgan fingerprint density at radius 2 is 2.22 bits per heavy atom. The van der Waals surface area contributed by atoms with Gasteiger partial charge in [0.25, 0.3) is 0 Å². The molecule has 0 aromatic carbocycles. The van der Waals surface area contributed by atoms with Gasteiger partial charge < -0.3 is 10.6 Å². The smallest absolute Gasteiger partial charge is 0.227 e. The molecule has 2 rings (SSSR count). The van der Waals surface area contributed by atoms with Crippen LogP contribution in [0.4, 0.5) is 5.82 Å². The third-order valence-corrected chi connectivity index (χ3v) is 3.62. The summed E-state index contributed by atoms with van der Waals surface area (Å²) >= 11 is 1.58. The molecule has 2 heterocycles. The number of hydrogen-bond acceptors (Lipinski definition) is 5. The number of rotatable bonds is 4. The molecule has 0 aliphatic heterocycles. The number of carbonyl (C=O) groups is 1. The van der Waals surface area contributed by atoms with E-state index in [2.05, 4.69) is 20.6 Å². The van der Waals surface area contributed by atoms with Crippen LogP contribution >= 0.6 is 11.3 Å². The Balaban J connectivity index is 2.15. The second-order valence-electron chi connectivity index (χ2n) is 4.68. The SMILES string of the molecule is CNC(=O)C(C)(C)CNc1ncnc2sccc12. The number of aromatic nitrogens is 2. The first kappa shape index (κ1) is 12.8. The van der Waals surface area contributed by atoms with E-state index in [1.807, 2.05) is 25.3 Å². The molecule has 1 amide bonds. The molecule has 0 radical (unpaired) electrons. The first-order chi connectivity index (χ1) is 8.54. The highest BCUT2D eigenvalue weighted by Crippen LogP contribution is 2.25. The van der Waals surface area contributed by atoms with Crippen LogP contribution in [-0.4, -0.2) is 29.5 Å². The highest BCUT2D eigenvalue weighted by atomic mass is 32.1. The molecule has 0 fully saturated rings. The summed E-state index contributed by atoms with van der Waals surface area (Å²) in [4.78, 5) is 21.0. The molecule has 2 aromatic rings. The number of nitrogens with zero attached hydrogens (tertiary/aromatic N) is 2. The maximum atomic E-state index is 11.7. The Bertz CT molecular complexity index is 564. The zero-order valence-electron chi connectivity index (χ0n) is 10.7. The van der Waals surface area contributed by atoms with Gasteiger partial charge in [-0.1, -0.05) is 0 Å². The first-order valence-corrected chi connectivity index (χ1v) is 6.57. The Morgan fingerprint density at radius 3 is 2.94 bits per heavy atom. The van der Waals surface area contributed by atoms with E-state index < -0.39 is 5.41 Å². The molecule has 2 aromatic heterocycles. The summed E-state index contributed by atoms with van der Waals surface area (Å²) < 4.78 is 0. The quantitative estimate of drug-likeness (QED) is 0.884. The molecular formula is C12H16N4OS. The van der Waals surface area contributed by atoms with Gasteiger partial charge in [-0.2, -0.15) is 0 Å².